The molecule has 0 atom stereocenters. The zero-order chi connectivity index (χ0) is 17.9. The van der Waals surface area contributed by atoms with Gasteiger partial charge in [-0.3, -0.25) is 9.78 Å². The van der Waals surface area contributed by atoms with Crippen LogP contribution in [0.25, 0.3) is 21.5 Å². The van der Waals surface area contributed by atoms with E-state index in [4.69, 9.17) is 0 Å². The minimum atomic E-state index is -0.188. The summed E-state index contributed by atoms with van der Waals surface area (Å²) >= 11 is 1.57. The van der Waals surface area contributed by atoms with Gasteiger partial charge in [0.15, 0.2) is 0 Å². The zero-order valence-corrected chi connectivity index (χ0v) is 15.0. The molecule has 0 saturated carbocycles. The molecule has 0 aliphatic carbocycles. The van der Waals surface area contributed by atoms with Crippen LogP contribution in [0.4, 0.5) is 0 Å². The highest BCUT2D eigenvalue weighted by Crippen LogP contribution is 2.27. The van der Waals surface area contributed by atoms with Gasteiger partial charge in [-0.2, -0.15) is 0 Å². The molecule has 4 aromatic rings. The van der Waals surface area contributed by atoms with Crippen molar-refractivity contribution in [3.8, 4) is 10.6 Å². The van der Waals surface area contributed by atoms with E-state index in [9.17, 15) is 4.79 Å². The van der Waals surface area contributed by atoms with Gasteiger partial charge in [-0.1, -0.05) is 24.3 Å². The Labute approximate surface area is 154 Å². The average molecular weight is 360 g/mol. The van der Waals surface area contributed by atoms with Crippen molar-refractivity contribution >= 4 is 28.1 Å². The standard InChI is InChI=1S/C20H16N4OS/c1-13-18(26-20(23-13)15-6-4-10-21-11-15)12-22-19(25)17-9-8-14-5-2-3-7-16(14)24-17/h2-11H,12H2,1H3,(H,22,25). The van der Waals surface area contributed by atoms with Gasteiger partial charge in [0, 0.05) is 28.2 Å². The van der Waals surface area contributed by atoms with Crippen LogP contribution in [0.1, 0.15) is 21.1 Å². The van der Waals surface area contributed by atoms with Gasteiger partial charge in [0.2, 0.25) is 0 Å². The van der Waals surface area contributed by atoms with E-state index in [1.807, 2.05) is 49.4 Å². The summed E-state index contributed by atoms with van der Waals surface area (Å²) in [4.78, 5) is 26.6. The Morgan fingerprint density at radius 1 is 1.08 bits per heavy atom. The first-order chi connectivity index (χ1) is 12.7. The van der Waals surface area contributed by atoms with Crippen molar-refractivity contribution in [1.82, 2.24) is 20.3 Å². The maximum atomic E-state index is 12.5. The van der Waals surface area contributed by atoms with Crippen molar-refractivity contribution in [3.05, 3.63) is 77.2 Å². The Morgan fingerprint density at radius 2 is 1.96 bits per heavy atom. The van der Waals surface area contributed by atoms with Gasteiger partial charge in [-0.25, -0.2) is 9.97 Å². The van der Waals surface area contributed by atoms with Gasteiger partial charge >= 0.3 is 0 Å². The lowest BCUT2D eigenvalue weighted by Crippen LogP contribution is -2.23. The predicted octanol–water partition coefficient (Wildman–Crippen LogP) is 3.99. The summed E-state index contributed by atoms with van der Waals surface area (Å²) in [5, 5.41) is 4.86. The Balaban J connectivity index is 1.49. The molecule has 0 unspecified atom stereocenters. The molecule has 0 spiro atoms. The molecule has 1 N–H and O–H groups in total. The highest BCUT2D eigenvalue weighted by Gasteiger charge is 2.12. The van der Waals surface area contributed by atoms with Crippen LogP contribution in [-0.4, -0.2) is 20.9 Å². The van der Waals surface area contributed by atoms with Gasteiger partial charge in [-0.05, 0) is 31.2 Å². The fraction of sp³-hybridized carbons (Fsp3) is 0.100. The summed E-state index contributed by atoms with van der Waals surface area (Å²) in [7, 11) is 0. The molecule has 3 aromatic heterocycles. The lowest BCUT2D eigenvalue weighted by atomic mass is 10.2. The minimum absolute atomic E-state index is 0.188. The number of carbonyl (C=O) groups excluding carboxylic acids is 1. The summed E-state index contributed by atoms with van der Waals surface area (Å²) in [5.74, 6) is -0.188. The highest BCUT2D eigenvalue weighted by molar-refractivity contribution is 7.15. The van der Waals surface area contributed by atoms with E-state index >= 15 is 0 Å². The second kappa shape index (κ2) is 7.01. The van der Waals surface area contributed by atoms with E-state index in [1.54, 1.807) is 29.8 Å². The van der Waals surface area contributed by atoms with Crippen molar-refractivity contribution in [1.29, 1.82) is 0 Å². The van der Waals surface area contributed by atoms with E-state index in [0.29, 0.717) is 12.2 Å². The van der Waals surface area contributed by atoms with Gasteiger partial charge in [-0.15, -0.1) is 11.3 Å². The van der Waals surface area contributed by atoms with E-state index < -0.39 is 0 Å². The minimum Gasteiger partial charge on any atom is -0.346 e. The summed E-state index contributed by atoms with van der Waals surface area (Å²) in [6, 6.07) is 15.3. The fourth-order valence-electron chi connectivity index (χ4n) is 2.65. The molecule has 0 saturated heterocycles. The molecule has 0 aliphatic rings. The Bertz CT molecular complexity index is 1080. The second-order valence-electron chi connectivity index (χ2n) is 5.84. The molecule has 0 fully saturated rings. The molecular formula is C20H16N4OS. The third-order valence-electron chi connectivity index (χ3n) is 4.04. The maximum absolute atomic E-state index is 12.5. The number of aryl methyl sites for hydroxylation is 1. The number of aromatic nitrogens is 3. The van der Waals surface area contributed by atoms with E-state index in [-0.39, 0.29) is 5.91 Å². The fourth-order valence-corrected chi connectivity index (χ4v) is 3.64. The van der Waals surface area contributed by atoms with E-state index in [2.05, 4.69) is 20.3 Å². The lowest BCUT2D eigenvalue weighted by Gasteiger charge is -2.05. The molecule has 4 rings (SSSR count). The van der Waals surface area contributed by atoms with E-state index in [1.165, 1.54) is 0 Å². The van der Waals surface area contributed by atoms with Crippen LogP contribution < -0.4 is 5.32 Å². The molecule has 0 radical (unpaired) electrons. The third kappa shape index (κ3) is 3.32. The van der Waals surface area contributed by atoms with Crippen LogP contribution in [-0.2, 0) is 6.54 Å². The first-order valence-electron chi connectivity index (χ1n) is 8.21. The number of para-hydroxylation sites is 1. The predicted molar refractivity (Wildman–Crippen MR) is 103 cm³/mol. The number of nitrogens with one attached hydrogen (secondary N) is 1. The van der Waals surface area contributed by atoms with Crippen LogP contribution >= 0.6 is 11.3 Å². The lowest BCUT2D eigenvalue weighted by molar-refractivity contribution is 0.0946. The van der Waals surface area contributed by atoms with Crippen molar-refractivity contribution < 1.29 is 4.79 Å². The quantitative estimate of drug-likeness (QED) is 0.597. The number of fused-ring (bicyclic) bond motifs is 1. The molecule has 6 heteroatoms. The van der Waals surface area contributed by atoms with E-state index in [0.717, 1.165) is 32.0 Å². The van der Waals surface area contributed by atoms with Crippen molar-refractivity contribution in [3.63, 3.8) is 0 Å². The normalized spacial score (nSPS) is 10.8. The Kier molecular flexibility index (Phi) is 4.41. The van der Waals surface area contributed by atoms with Crippen LogP contribution in [0.15, 0.2) is 60.9 Å². The Hall–Kier alpha value is -3.12. The van der Waals surface area contributed by atoms with Crippen LogP contribution in [0.5, 0.6) is 0 Å². The van der Waals surface area contributed by atoms with Crippen molar-refractivity contribution in [2.45, 2.75) is 13.5 Å². The summed E-state index contributed by atoms with van der Waals surface area (Å²) in [6.07, 6.45) is 3.53. The van der Waals surface area contributed by atoms with Gasteiger partial charge in [0.05, 0.1) is 17.8 Å². The first-order valence-corrected chi connectivity index (χ1v) is 9.03. The summed E-state index contributed by atoms with van der Waals surface area (Å²) in [5.41, 5.74) is 3.13. The number of pyridine rings is 2. The first kappa shape index (κ1) is 16.4. The SMILES string of the molecule is Cc1nc(-c2cccnc2)sc1CNC(=O)c1ccc2ccccc2n1. The molecular weight excluding hydrogens is 344 g/mol. The van der Waals surface area contributed by atoms with Crippen LogP contribution in [0, 0.1) is 6.92 Å². The van der Waals surface area contributed by atoms with Crippen molar-refractivity contribution in [2.75, 3.05) is 0 Å². The smallest absolute Gasteiger partial charge is 0.270 e. The number of nitrogens with zero attached hydrogens (tertiary/aromatic N) is 3. The number of rotatable bonds is 4. The summed E-state index contributed by atoms with van der Waals surface area (Å²) in [6.45, 7) is 2.38. The summed E-state index contributed by atoms with van der Waals surface area (Å²) < 4.78 is 0. The molecule has 0 aliphatic heterocycles. The molecule has 1 aromatic carbocycles. The van der Waals surface area contributed by atoms with Gasteiger partial charge in [0.1, 0.15) is 10.7 Å². The van der Waals surface area contributed by atoms with Crippen molar-refractivity contribution in [2.24, 2.45) is 0 Å². The molecule has 26 heavy (non-hydrogen) atoms. The van der Waals surface area contributed by atoms with Gasteiger partial charge in [0.25, 0.3) is 5.91 Å². The second-order valence-corrected chi connectivity index (χ2v) is 6.92. The average Bonchev–Trinajstić information content (AvgIpc) is 3.07. The topological polar surface area (TPSA) is 67.8 Å². The number of thiazole rings is 1. The Morgan fingerprint density at radius 3 is 2.81 bits per heavy atom. The highest BCUT2D eigenvalue weighted by atomic mass is 32.1. The molecule has 5 nitrogen and oxygen atoms in total. The van der Waals surface area contributed by atoms with Gasteiger partial charge < -0.3 is 5.32 Å². The molecule has 3 heterocycles. The number of benzene rings is 1. The molecule has 0 bridgehead atoms. The molecule has 1 amide bonds. The zero-order valence-electron chi connectivity index (χ0n) is 14.1. The number of hydrogen-bond acceptors (Lipinski definition) is 5. The number of amides is 1. The monoisotopic (exact) mass is 360 g/mol. The number of carbonyl (C=O) groups is 1. The largest absolute Gasteiger partial charge is 0.346 e. The maximum Gasteiger partial charge on any atom is 0.270 e. The third-order valence-corrected chi connectivity index (χ3v) is 5.25. The molecule has 128 valence electrons. The number of hydrogen-bond donors (Lipinski definition) is 1. The van der Waals surface area contributed by atoms with Crippen LogP contribution in [0.2, 0.25) is 0 Å². The van der Waals surface area contributed by atoms with Crippen LogP contribution in [0.3, 0.4) is 0 Å².